The number of fused-ring (bicyclic) bond motifs is 1. The van der Waals surface area contributed by atoms with Crippen LogP contribution < -0.4 is 4.74 Å². The maximum absolute atomic E-state index is 12.0. The molecule has 6 heteroatoms. The number of hydrogen-bond donors (Lipinski definition) is 1. The Morgan fingerprint density at radius 1 is 1.03 bits per heavy atom. The Hall–Kier alpha value is -2.15. The highest BCUT2D eigenvalue weighted by molar-refractivity contribution is 6.82. The van der Waals surface area contributed by atoms with Gasteiger partial charge in [-0.1, -0.05) is 60.6 Å². The number of piperidine rings is 1. The number of benzene rings is 1. The van der Waals surface area contributed by atoms with Crippen molar-refractivity contribution in [1.29, 1.82) is 0 Å². The molecule has 1 unspecified atom stereocenters. The zero-order valence-corrected chi connectivity index (χ0v) is 26.0. The molecule has 1 saturated heterocycles. The SMILES string of the molecule is COc1ccc(CN2CC[C@H](C)C([C@H](O)c3c(C)cnc4c3ccn4[Si](C(C)C)(C(C)C)C(C)C)C2)cc1. The van der Waals surface area contributed by atoms with E-state index in [4.69, 9.17) is 9.72 Å². The van der Waals surface area contributed by atoms with Gasteiger partial charge in [-0.05, 0) is 83.5 Å². The van der Waals surface area contributed by atoms with Crippen LogP contribution in [0, 0.1) is 18.8 Å². The van der Waals surface area contributed by atoms with Crippen LogP contribution in [0.2, 0.25) is 16.6 Å². The summed E-state index contributed by atoms with van der Waals surface area (Å²) < 4.78 is 7.90. The lowest BCUT2D eigenvalue weighted by Gasteiger charge is -2.44. The molecule has 3 aromatic rings. The number of rotatable bonds is 9. The van der Waals surface area contributed by atoms with Gasteiger partial charge in [0.25, 0.3) is 0 Å². The predicted octanol–water partition coefficient (Wildman–Crippen LogP) is 7.57. The van der Waals surface area contributed by atoms with Crippen molar-refractivity contribution in [2.75, 3.05) is 20.2 Å². The lowest BCUT2D eigenvalue weighted by atomic mass is 9.79. The molecule has 38 heavy (non-hydrogen) atoms. The van der Waals surface area contributed by atoms with Crippen molar-refractivity contribution in [3.8, 4) is 5.75 Å². The van der Waals surface area contributed by atoms with Crippen LogP contribution in [0.1, 0.15) is 77.7 Å². The molecule has 1 fully saturated rings. The number of pyridine rings is 1. The molecule has 3 heterocycles. The second-order valence-corrected chi connectivity index (χ2v) is 18.3. The Kier molecular flexibility index (Phi) is 8.75. The lowest BCUT2D eigenvalue weighted by molar-refractivity contribution is 0.0156. The van der Waals surface area contributed by atoms with Crippen molar-refractivity contribution >= 4 is 19.3 Å². The molecule has 208 valence electrons. The van der Waals surface area contributed by atoms with Crippen LogP contribution in [0.3, 0.4) is 0 Å². The van der Waals surface area contributed by atoms with E-state index in [1.165, 1.54) is 5.56 Å². The van der Waals surface area contributed by atoms with Crippen LogP contribution in [0.15, 0.2) is 42.7 Å². The summed E-state index contributed by atoms with van der Waals surface area (Å²) >= 11 is 0. The molecule has 0 radical (unpaired) electrons. The van der Waals surface area contributed by atoms with Gasteiger partial charge in [0.1, 0.15) is 11.4 Å². The van der Waals surface area contributed by atoms with Crippen molar-refractivity contribution in [3.63, 3.8) is 0 Å². The molecule has 1 aliphatic rings. The second kappa shape index (κ2) is 11.5. The van der Waals surface area contributed by atoms with E-state index in [0.717, 1.165) is 54.0 Å². The first-order chi connectivity index (χ1) is 18.0. The van der Waals surface area contributed by atoms with Gasteiger partial charge < -0.3 is 14.1 Å². The van der Waals surface area contributed by atoms with E-state index >= 15 is 0 Å². The van der Waals surface area contributed by atoms with Crippen LogP contribution in [0.25, 0.3) is 11.0 Å². The highest BCUT2D eigenvalue weighted by Gasteiger charge is 2.46. The Labute approximate surface area is 231 Å². The van der Waals surface area contributed by atoms with Gasteiger partial charge in [-0.2, -0.15) is 0 Å². The molecule has 0 bridgehead atoms. The maximum Gasteiger partial charge on any atom is 0.171 e. The Morgan fingerprint density at radius 3 is 2.24 bits per heavy atom. The van der Waals surface area contributed by atoms with E-state index in [-0.39, 0.29) is 5.92 Å². The third kappa shape index (κ3) is 5.07. The summed E-state index contributed by atoms with van der Waals surface area (Å²) in [6.45, 7) is 21.6. The van der Waals surface area contributed by atoms with Crippen LogP contribution in [-0.2, 0) is 6.54 Å². The minimum atomic E-state index is -1.95. The standard InChI is InChI=1S/C32H49N3O2Si/c1-21(2)38(22(3)4,23(5)6)35-17-15-28-30(25(8)18-33-32(28)35)31(36)29-20-34(16-14-24(29)7)19-26-10-12-27(37-9)13-11-26/h10-13,15,17-18,21-24,29,31,36H,14,16,19-20H2,1-9H3/t24-,29?,31-/m0/s1. The van der Waals surface area contributed by atoms with Gasteiger partial charge in [-0.15, -0.1) is 0 Å². The van der Waals surface area contributed by atoms with E-state index < -0.39 is 14.3 Å². The van der Waals surface area contributed by atoms with Gasteiger partial charge in [0.2, 0.25) is 0 Å². The van der Waals surface area contributed by atoms with E-state index in [0.29, 0.717) is 22.5 Å². The largest absolute Gasteiger partial charge is 0.497 e. The summed E-state index contributed by atoms with van der Waals surface area (Å²) in [6, 6.07) is 10.6. The topological polar surface area (TPSA) is 50.5 Å². The highest BCUT2D eigenvalue weighted by Crippen LogP contribution is 2.45. The first-order valence-electron chi connectivity index (χ1n) is 14.5. The number of methoxy groups -OCH3 is 1. The van der Waals surface area contributed by atoms with Gasteiger partial charge in [0.05, 0.1) is 13.2 Å². The lowest BCUT2D eigenvalue weighted by Crippen LogP contribution is -2.51. The van der Waals surface area contributed by atoms with Crippen molar-refractivity contribution in [2.45, 2.75) is 91.1 Å². The van der Waals surface area contributed by atoms with Gasteiger partial charge in [-0.25, -0.2) is 4.98 Å². The molecule has 0 spiro atoms. The molecule has 1 aliphatic heterocycles. The summed E-state index contributed by atoms with van der Waals surface area (Å²) in [4.78, 5) is 7.51. The Balaban J connectivity index is 1.68. The van der Waals surface area contributed by atoms with E-state index in [2.05, 4.69) is 88.9 Å². The fraction of sp³-hybridized carbons (Fsp3) is 0.594. The Bertz CT molecular complexity index is 1200. The first-order valence-corrected chi connectivity index (χ1v) is 16.7. The molecule has 1 aromatic carbocycles. The quantitative estimate of drug-likeness (QED) is 0.287. The normalized spacial score (nSPS) is 20.1. The van der Waals surface area contributed by atoms with Gasteiger partial charge in [-0.3, -0.25) is 4.90 Å². The molecular formula is C32H49N3O2Si. The minimum Gasteiger partial charge on any atom is -0.497 e. The average Bonchev–Trinajstić information content (AvgIpc) is 3.29. The number of hydrogen-bond acceptors (Lipinski definition) is 4. The second-order valence-electron chi connectivity index (χ2n) is 12.6. The molecule has 1 N–H and O–H groups in total. The predicted molar refractivity (Wildman–Crippen MR) is 161 cm³/mol. The van der Waals surface area contributed by atoms with Crippen LogP contribution in [-0.4, -0.2) is 47.7 Å². The number of aromatic nitrogens is 2. The third-order valence-electron chi connectivity index (χ3n) is 9.51. The zero-order chi connectivity index (χ0) is 27.8. The van der Waals surface area contributed by atoms with Crippen molar-refractivity contribution in [1.82, 2.24) is 14.1 Å². The van der Waals surface area contributed by atoms with E-state index in [1.807, 2.05) is 18.3 Å². The third-order valence-corrected chi connectivity index (χ3v) is 16.3. The summed E-state index contributed by atoms with van der Waals surface area (Å²) in [6.07, 6.45) is 4.87. The molecule has 5 nitrogen and oxygen atoms in total. The molecule has 0 amide bonds. The van der Waals surface area contributed by atoms with Crippen LogP contribution >= 0.6 is 0 Å². The average molecular weight is 536 g/mol. The zero-order valence-electron chi connectivity index (χ0n) is 25.0. The smallest absolute Gasteiger partial charge is 0.171 e. The molecular weight excluding hydrogens is 486 g/mol. The molecule has 4 rings (SSSR count). The van der Waals surface area contributed by atoms with Gasteiger partial charge in [0.15, 0.2) is 8.24 Å². The van der Waals surface area contributed by atoms with E-state index in [1.54, 1.807) is 7.11 Å². The summed E-state index contributed by atoms with van der Waals surface area (Å²) in [7, 11) is -0.246. The van der Waals surface area contributed by atoms with Crippen molar-refractivity contribution < 1.29 is 9.84 Å². The molecule has 0 saturated carbocycles. The van der Waals surface area contributed by atoms with Crippen LogP contribution in [0.4, 0.5) is 0 Å². The number of aliphatic hydroxyl groups is 1. The number of aliphatic hydroxyl groups excluding tert-OH is 1. The maximum atomic E-state index is 12.0. The van der Waals surface area contributed by atoms with Crippen LogP contribution in [0.5, 0.6) is 5.75 Å². The monoisotopic (exact) mass is 535 g/mol. The summed E-state index contributed by atoms with van der Waals surface area (Å²) in [5.41, 5.74) is 6.26. The highest BCUT2D eigenvalue weighted by atomic mass is 28.3. The molecule has 3 atom stereocenters. The summed E-state index contributed by atoms with van der Waals surface area (Å²) in [5.74, 6) is 1.52. The number of aryl methyl sites for hydroxylation is 1. The number of ether oxygens (including phenoxy) is 1. The Morgan fingerprint density at radius 2 is 1.66 bits per heavy atom. The fourth-order valence-electron chi connectivity index (χ4n) is 7.67. The fourth-order valence-corrected chi connectivity index (χ4v) is 14.2. The summed E-state index contributed by atoms with van der Waals surface area (Å²) in [5, 5.41) is 13.2. The van der Waals surface area contributed by atoms with Crippen molar-refractivity contribution in [3.05, 3.63) is 59.4 Å². The molecule has 2 aromatic heterocycles. The van der Waals surface area contributed by atoms with Gasteiger partial charge >= 0.3 is 0 Å². The number of likely N-dealkylation sites (tertiary alicyclic amines) is 1. The minimum absolute atomic E-state index is 0.178. The van der Waals surface area contributed by atoms with Gasteiger partial charge in [0, 0.05) is 30.6 Å². The van der Waals surface area contributed by atoms with E-state index in [9.17, 15) is 5.11 Å². The number of nitrogens with zero attached hydrogens (tertiary/aromatic N) is 3. The first kappa shape index (κ1) is 28.8. The van der Waals surface area contributed by atoms with Crippen molar-refractivity contribution in [2.24, 2.45) is 11.8 Å². The molecule has 0 aliphatic carbocycles.